The number of carbonyl (C=O) groups is 1. The molecule has 0 spiro atoms. The van der Waals surface area contributed by atoms with Crippen LogP contribution in [0.25, 0.3) is 22.3 Å². The van der Waals surface area contributed by atoms with Crippen LogP contribution in [0, 0.1) is 11.3 Å². The van der Waals surface area contributed by atoms with Gasteiger partial charge in [0.25, 0.3) is 0 Å². The molecule has 0 bridgehead atoms. The average molecular weight is 509 g/mol. The van der Waals surface area contributed by atoms with Gasteiger partial charge in [-0.2, -0.15) is 5.26 Å². The first kappa shape index (κ1) is 24.1. The van der Waals surface area contributed by atoms with Crippen molar-refractivity contribution in [3.05, 3.63) is 66.1 Å². The minimum absolute atomic E-state index is 0.142. The second-order valence-corrected chi connectivity index (χ2v) is 10.1. The van der Waals surface area contributed by atoms with E-state index in [0.29, 0.717) is 29.3 Å². The van der Waals surface area contributed by atoms with Crippen molar-refractivity contribution in [2.24, 2.45) is 0 Å². The fraction of sp³-hybridized carbons (Fsp3) is 0.345. The van der Waals surface area contributed by atoms with Gasteiger partial charge in [0, 0.05) is 24.9 Å². The highest BCUT2D eigenvalue weighted by Crippen LogP contribution is 2.43. The van der Waals surface area contributed by atoms with Gasteiger partial charge in [0.1, 0.15) is 11.6 Å². The van der Waals surface area contributed by atoms with Gasteiger partial charge in [0.15, 0.2) is 0 Å². The molecule has 0 atom stereocenters. The summed E-state index contributed by atoms with van der Waals surface area (Å²) in [6.07, 6.45) is 8.73. The Bertz CT molecular complexity index is 1550. The van der Waals surface area contributed by atoms with E-state index in [-0.39, 0.29) is 11.6 Å². The number of nitriles is 1. The molecule has 6 rings (SSSR count). The molecule has 2 fully saturated rings. The highest BCUT2D eigenvalue weighted by atomic mass is 16.5. The SMILES string of the molecule is CO[C@H]1CC[C@H](n2cnc3ccc(-c4cc(C5CC5)cc(N(C(=O)O)c5cc(C#N)ccn5)n4)cc32)CC1. The second-order valence-electron chi connectivity index (χ2n) is 10.1. The molecular formula is C29H28N6O3. The Balaban J connectivity index is 1.42. The smallest absolute Gasteiger partial charge is 0.418 e. The summed E-state index contributed by atoms with van der Waals surface area (Å²) in [6, 6.07) is 15.4. The molecule has 0 unspecified atom stereocenters. The van der Waals surface area contributed by atoms with Crippen molar-refractivity contribution in [1.29, 1.82) is 5.26 Å². The third kappa shape index (κ3) is 4.59. The lowest BCUT2D eigenvalue weighted by Gasteiger charge is -2.28. The monoisotopic (exact) mass is 508 g/mol. The molecule has 0 aliphatic heterocycles. The molecule has 0 saturated heterocycles. The number of hydrogen-bond acceptors (Lipinski definition) is 6. The Labute approximate surface area is 220 Å². The molecule has 1 N–H and O–H groups in total. The molecule has 2 saturated carbocycles. The van der Waals surface area contributed by atoms with Gasteiger partial charge in [-0.3, -0.25) is 0 Å². The van der Waals surface area contributed by atoms with E-state index in [9.17, 15) is 15.2 Å². The fourth-order valence-electron chi connectivity index (χ4n) is 5.41. The molecule has 1 amide bonds. The van der Waals surface area contributed by atoms with Crippen LogP contribution in [-0.2, 0) is 4.74 Å². The van der Waals surface area contributed by atoms with Crippen LogP contribution >= 0.6 is 0 Å². The number of fused-ring (bicyclic) bond motifs is 1. The minimum Gasteiger partial charge on any atom is -0.464 e. The molecule has 9 nitrogen and oxygen atoms in total. The van der Waals surface area contributed by atoms with E-state index < -0.39 is 6.09 Å². The van der Waals surface area contributed by atoms with Crippen LogP contribution in [-0.4, -0.2) is 43.9 Å². The van der Waals surface area contributed by atoms with Crippen LogP contribution in [0.1, 0.15) is 61.6 Å². The maximum atomic E-state index is 12.4. The van der Waals surface area contributed by atoms with Crippen molar-refractivity contribution in [3.8, 4) is 17.3 Å². The number of methoxy groups -OCH3 is 1. The molecule has 9 heteroatoms. The van der Waals surface area contributed by atoms with Crippen LogP contribution in [0.4, 0.5) is 16.4 Å². The first-order valence-corrected chi connectivity index (χ1v) is 12.9. The topological polar surface area (TPSA) is 117 Å². The van der Waals surface area contributed by atoms with Gasteiger partial charge in [0.2, 0.25) is 0 Å². The van der Waals surface area contributed by atoms with Gasteiger partial charge in [0.05, 0.1) is 40.8 Å². The summed E-state index contributed by atoms with van der Waals surface area (Å²) in [5.74, 6) is 0.795. The largest absolute Gasteiger partial charge is 0.464 e. The number of nitrogens with zero attached hydrogens (tertiary/aromatic N) is 6. The van der Waals surface area contributed by atoms with Gasteiger partial charge in [-0.25, -0.2) is 24.6 Å². The molecule has 4 aromatic rings. The summed E-state index contributed by atoms with van der Waals surface area (Å²) in [7, 11) is 1.78. The molecule has 192 valence electrons. The quantitative estimate of drug-likeness (QED) is 0.330. The lowest BCUT2D eigenvalue weighted by molar-refractivity contribution is 0.0589. The number of benzene rings is 1. The standard InChI is InChI=1S/C29H28N6O3/c1-38-23-7-5-22(6-8-23)34-17-32-24-9-4-20(14-26(24)34)25-13-21(19-2-3-19)15-28(33-25)35(29(36)37)27-12-18(16-30)10-11-31-27/h4,9-15,17,19,22-23H,2-3,5-8H2,1H3,(H,36,37)/t22-,23-. The summed E-state index contributed by atoms with van der Waals surface area (Å²) in [5, 5.41) is 19.4. The van der Waals surface area contributed by atoms with Gasteiger partial charge >= 0.3 is 6.09 Å². The third-order valence-electron chi connectivity index (χ3n) is 7.65. The van der Waals surface area contributed by atoms with E-state index in [1.807, 2.05) is 30.6 Å². The zero-order valence-electron chi connectivity index (χ0n) is 21.1. The Morgan fingerprint density at radius 1 is 1.05 bits per heavy atom. The molecule has 38 heavy (non-hydrogen) atoms. The zero-order valence-corrected chi connectivity index (χ0v) is 21.1. The summed E-state index contributed by atoms with van der Waals surface area (Å²) < 4.78 is 7.81. The highest BCUT2D eigenvalue weighted by molar-refractivity contribution is 5.93. The molecule has 0 radical (unpaired) electrons. The van der Waals surface area contributed by atoms with Crippen molar-refractivity contribution >= 4 is 28.8 Å². The highest BCUT2D eigenvalue weighted by Gasteiger charge is 2.28. The molecule has 2 aliphatic rings. The number of hydrogen-bond donors (Lipinski definition) is 1. The van der Waals surface area contributed by atoms with Crippen LogP contribution in [0.3, 0.4) is 0 Å². The number of rotatable bonds is 6. The minimum atomic E-state index is -1.21. The number of amides is 1. The summed E-state index contributed by atoms with van der Waals surface area (Å²) in [4.78, 5) is 27.1. The number of aromatic nitrogens is 4. The third-order valence-corrected chi connectivity index (χ3v) is 7.65. The average Bonchev–Trinajstić information content (AvgIpc) is 3.72. The van der Waals surface area contributed by atoms with Gasteiger partial charge in [-0.1, -0.05) is 6.07 Å². The van der Waals surface area contributed by atoms with E-state index in [1.54, 1.807) is 13.2 Å². The zero-order chi connectivity index (χ0) is 26.2. The summed E-state index contributed by atoms with van der Waals surface area (Å²) in [6.45, 7) is 0. The number of anilines is 2. The van der Waals surface area contributed by atoms with Crippen molar-refractivity contribution < 1.29 is 14.6 Å². The first-order valence-electron chi connectivity index (χ1n) is 12.9. The first-order chi connectivity index (χ1) is 18.5. The van der Waals surface area contributed by atoms with Crippen LogP contribution in [0.5, 0.6) is 0 Å². The van der Waals surface area contributed by atoms with Crippen molar-refractivity contribution in [1.82, 2.24) is 19.5 Å². The van der Waals surface area contributed by atoms with Crippen LogP contribution < -0.4 is 4.90 Å². The van der Waals surface area contributed by atoms with Gasteiger partial charge in [-0.05, 0) is 86.4 Å². The number of carboxylic acid groups (broad SMARTS) is 1. The normalized spacial score (nSPS) is 19.3. The summed E-state index contributed by atoms with van der Waals surface area (Å²) >= 11 is 0. The second kappa shape index (κ2) is 9.88. The van der Waals surface area contributed by atoms with Crippen molar-refractivity contribution in [2.75, 3.05) is 12.0 Å². The maximum Gasteiger partial charge on any atom is 0.418 e. The predicted molar refractivity (Wildman–Crippen MR) is 142 cm³/mol. The van der Waals surface area contributed by atoms with Crippen molar-refractivity contribution in [2.45, 2.75) is 56.6 Å². The summed E-state index contributed by atoms with van der Waals surface area (Å²) in [5.41, 5.74) is 4.95. The Morgan fingerprint density at radius 2 is 1.87 bits per heavy atom. The lowest BCUT2D eigenvalue weighted by Crippen LogP contribution is -2.26. The molecule has 2 aliphatic carbocycles. The Morgan fingerprint density at radius 3 is 2.58 bits per heavy atom. The van der Waals surface area contributed by atoms with Gasteiger partial charge in [-0.15, -0.1) is 0 Å². The molecule has 3 heterocycles. The molecule has 3 aromatic heterocycles. The van der Waals surface area contributed by atoms with E-state index in [2.05, 4.69) is 26.7 Å². The van der Waals surface area contributed by atoms with Crippen LogP contribution in [0.2, 0.25) is 0 Å². The molecule has 1 aromatic carbocycles. The Hall–Kier alpha value is -4.29. The van der Waals surface area contributed by atoms with E-state index >= 15 is 0 Å². The number of pyridine rings is 2. The van der Waals surface area contributed by atoms with E-state index in [4.69, 9.17) is 9.72 Å². The predicted octanol–water partition coefficient (Wildman–Crippen LogP) is 6.19. The van der Waals surface area contributed by atoms with Crippen LogP contribution in [0.15, 0.2) is 55.0 Å². The van der Waals surface area contributed by atoms with E-state index in [1.165, 1.54) is 12.3 Å². The van der Waals surface area contributed by atoms with Crippen molar-refractivity contribution in [3.63, 3.8) is 0 Å². The number of imidazole rings is 1. The fourth-order valence-corrected chi connectivity index (χ4v) is 5.41. The maximum absolute atomic E-state index is 12.4. The lowest BCUT2D eigenvalue weighted by atomic mass is 9.92. The Kier molecular flexibility index (Phi) is 6.26. The number of ether oxygens (including phenoxy) is 1. The van der Waals surface area contributed by atoms with E-state index in [0.717, 1.165) is 65.6 Å². The van der Waals surface area contributed by atoms with Gasteiger partial charge < -0.3 is 14.4 Å². The molecular weight excluding hydrogens is 480 g/mol.